The van der Waals surface area contributed by atoms with Crippen molar-refractivity contribution in [2.24, 2.45) is 5.92 Å². The van der Waals surface area contributed by atoms with Gasteiger partial charge in [-0.15, -0.1) is 0 Å². The maximum atomic E-state index is 11.0. The molecule has 0 saturated heterocycles. The van der Waals surface area contributed by atoms with E-state index in [2.05, 4.69) is 0 Å². The van der Waals surface area contributed by atoms with E-state index in [-0.39, 0.29) is 5.75 Å². The van der Waals surface area contributed by atoms with Gasteiger partial charge >= 0.3 is 0 Å². The minimum Gasteiger partial charge on any atom is -0.393 e. The van der Waals surface area contributed by atoms with Crippen molar-refractivity contribution < 1.29 is 13.5 Å². The minimum atomic E-state index is -2.93. The van der Waals surface area contributed by atoms with Crippen LogP contribution < -0.4 is 0 Å². The highest BCUT2D eigenvalue weighted by Gasteiger charge is 2.21. The van der Waals surface area contributed by atoms with Crippen LogP contribution in [-0.4, -0.2) is 31.6 Å². The molecule has 0 amide bonds. The van der Waals surface area contributed by atoms with Gasteiger partial charge in [0, 0.05) is 6.26 Å². The molecular formula is C12H24O3S. The van der Waals surface area contributed by atoms with E-state index in [9.17, 15) is 13.5 Å². The van der Waals surface area contributed by atoms with Crippen LogP contribution in [0.2, 0.25) is 0 Å². The average Bonchev–Trinajstić information content (AvgIpc) is 2.12. The van der Waals surface area contributed by atoms with Crippen molar-refractivity contribution in [2.45, 2.75) is 57.5 Å². The fourth-order valence-electron chi connectivity index (χ4n) is 2.44. The Bertz CT molecular complexity index is 277. The Morgan fingerprint density at radius 1 is 1.12 bits per heavy atom. The molecule has 1 saturated carbocycles. The maximum Gasteiger partial charge on any atom is 0.147 e. The molecule has 3 nitrogen and oxygen atoms in total. The lowest BCUT2D eigenvalue weighted by Crippen LogP contribution is -2.24. The van der Waals surface area contributed by atoms with Gasteiger partial charge in [-0.3, -0.25) is 0 Å². The van der Waals surface area contributed by atoms with E-state index in [4.69, 9.17) is 0 Å². The summed E-state index contributed by atoms with van der Waals surface area (Å²) in [5.74, 6) is 0.437. The molecule has 96 valence electrons. The molecule has 0 aliphatic heterocycles. The zero-order valence-electron chi connectivity index (χ0n) is 10.2. The topological polar surface area (TPSA) is 54.4 Å². The monoisotopic (exact) mass is 248 g/mol. The van der Waals surface area contributed by atoms with Crippen molar-refractivity contribution >= 4 is 9.84 Å². The largest absolute Gasteiger partial charge is 0.393 e. The Kier molecular flexibility index (Phi) is 5.76. The first-order valence-corrected chi connectivity index (χ1v) is 8.41. The first-order chi connectivity index (χ1) is 7.49. The van der Waals surface area contributed by atoms with Crippen molar-refractivity contribution in [1.29, 1.82) is 0 Å². The summed E-state index contributed by atoms with van der Waals surface area (Å²) < 4.78 is 22.1. The molecule has 0 bridgehead atoms. The number of sulfone groups is 1. The zero-order chi connectivity index (χ0) is 12.0. The maximum absolute atomic E-state index is 11.0. The molecule has 0 heterocycles. The highest BCUT2D eigenvalue weighted by atomic mass is 32.2. The van der Waals surface area contributed by atoms with Crippen molar-refractivity contribution in [3.8, 4) is 0 Å². The molecule has 1 atom stereocenters. The van der Waals surface area contributed by atoms with Gasteiger partial charge in [-0.2, -0.15) is 0 Å². The van der Waals surface area contributed by atoms with Gasteiger partial charge in [0.15, 0.2) is 0 Å². The highest BCUT2D eigenvalue weighted by molar-refractivity contribution is 7.90. The Labute approximate surface area is 99.2 Å². The molecule has 0 aromatic rings. The lowest BCUT2D eigenvalue weighted by molar-refractivity contribution is 0.0883. The predicted octanol–water partition coefficient (Wildman–Crippen LogP) is 2.14. The molecule has 0 aromatic heterocycles. The van der Waals surface area contributed by atoms with Gasteiger partial charge < -0.3 is 5.11 Å². The van der Waals surface area contributed by atoms with E-state index in [1.807, 2.05) is 0 Å². The molecule has 1 aliphatic carbocycles. The van der Waals surface area contributed by atoms with Crippen LogP contribution in [0.5, 0.6) is 0 Å². The lowest BCUT2D eigenvalue weighted by atomic mass is 9.86. The van der Waals surface area contributed by atoms with Crippen molar-refractivity contribution in [3.05, 3.63) is 0 Å². The Hall–Kier alpha value is -0.0900. The van der Waals surface area contributed by atoms with Gasteiger partial charge in [-0.1, -0.05) is 32.1 Å². The molecule has 1 fully saturated rings. The number of hydrogen-bond acceptors (Lipinski definition) is 3. The molecule has 16 heavy (non-hydrogen) atoms. The van der Waals surface area contributed by atoms with Gasteiger partial charge in [0.05, 0.1) is 11.9 Å². The number of hydrogen-bond donors (Lipinski definition) is 1. The third kappa shape index (κ3) is 5.85. The summed E-state index contributed by atoms with van der Waals surface area (Å²) in [6, 6.07) is 0. The van der Waals surface area contributed by atoms with Crippen molar-refractivity contribution in [2.75, 3.05) is 12.0 Å². The average molecular weight is 248 g/mol. The Morgan fingerprint density at radius 3 is 2.12 bits per heavy atom. The summed E-state index contributed by atoms with van der Waals surface area (Å²) in [5.41, 5.74) is 0. The Balaban J connectivity index is 2.35. The molecule has 0 aromatic carbocycles. The second-order valence-corrected chi connectivity index (χ2v) is 7.35. The molecule has 0 spiro atoms. The summed E-state index contributed by atoms with van der Waals surface area (Å²) in [5, 5.41) is 9.99. The van der Waals surface area contributed by atoms with Crippen LogP contribution in [0.15, 0.2) is 0 Å². The van der Waals surface area contributed by atoms with Crippen LogP contribution in [0.4, 0.5) is 0 Å². The van der Waals surface area contributed by atoms with Crippen LogP contribution >= 0.6 is 0 Å². The predicted molar refractivity (Wildman–Crippen MR) is 66.1 cm³/mol. The number of rotatable bonds is 4. The normalized spacial score (nSPS) is 22.4. The third-order valence-corrected chi connectivity index (χ3v) is 4.46. The summed E-state index contributed by atoms with van der Waals surface area (Å²) in [7, 11) is -2.93. The van der Waals surface area contributed by atoms with Crippen LogP contribution in [0.3, 0.4) is 0 Å². The second-order valence-electron chi connectivity index (χ2n) is 5.09. The molecule has 4 heteroatoms. The minimum absolute atomic E-state index is 0.116. The van der Waals surface area contributed by atoms with E-state index in [1.165, 1.54) is 38.4 Å². The van der Waals surface area contributed by atoms with Crippen molar-refractivity contribution in [3.63, 3.8) is 0 Å². The van der Waals surface area contributed by atoms with E-state index in [0.29, 0.717) is 12.3 Å². The molecule has 1 N–H and O–H groups in total. The van der Waals surface area contributed by atoms with Crippen molar-refractivity contribution in [1.82, 2.24) is 0 Å². The molecule has 1 unspecified atom stereocenters. The van der Waals surface area contributed by atoms with E-state index >= 15 is 0 Å². The summed E-state index contributed by atoms with van der Waals surface area (Å²) in [6.07, 6.45) is 9.53. The van der Waals surface area contributed by atoms with Gasteiger partial charge in [0.1, 0.15) is 9.84 Å². The number of aliphatic hydroxyl groups is 1. The first-order valence-electron chi connectivity index (χ1n) is 6.35. The SMILES string of the molecule is CS(=O)(=O)CCC(O)C1CCCCCCC1. The lowest BCUT2D eigenvalue weighted by Gasteiger charge is -2.24. The van der Waals surface area contributed by atoms with Gasteiger partial charge in [0.2, 0.25) is 0 Å². The Morgan fingerprint density at radius 2 is 1.62 bits per heavy atom. The van der Waals surface area contributed by atoms with Crippen LogP contribution in [-0.2, 0) is 9.84 Å². The van der Waals surface area contributed by atoms with Gasteiger partial charge in [-0.25, -0.2) is 8.42 Å². The standard InChI is InChI=1S/C12H24O3S/c1-16(14,15)10-9-12(13)11-7-5-3-2-4-6-8-11/h11-13H,2-10H2,1H3. The van der Waals surface area contributed by atoms with E-state index in [1.54, 1.807) is 0 Å². The molecule has 1 aliphatic rings. The fraction of sp³-hybridized carbons (Fsp3) is 1.00. The summed E-state index contributed by atoms with van der Waals surface area (Å²) in [4.78, 5) is 0. The van der Waals surface area contributed by atoms with Gasteiger partial charge in [0.25, 0.3) is 0 Å². The number of aliphatic hydroxyl groups excluding tert-OH is 1. The van der Waals surface area contributed by atoms with E-state index in [0.717, 1.165) is 12.8 Å². The molecule has 0 radical (unpaired) electrons. The molecule has 1 rings (SSSR count). The third-order valence-electron chi connectivity index (χ3n) is 3.48. The van der Waals surface area contributed by atoms with Crippen LogP contribution in [0.25, 0.3) is 0 Å². The summed E-state index contributed by atoms with van der Waals surface area (Å²) in [6.45, 7) is 0. The van der Waals surface area contributed by atoms with Crippen LogP contribution in [0.1, 0.15) is 51.4 Å². The highest BCUT2D eigenvalue weighted by Crippen LogP contribution is 2.26. The second kappa shape index (κ2) is 6.60. The zero-order valence-corrected chi connectivity index (χ0v) is 11.0. The first kappa shape index (κ1) is 14.0. The fourth-order valence-corrected chi connectivity index (χ4v) is 3.11. The summed E-state index contributed by atoms with van der Waals surface area (Å²) >= 11 is 0. The van der Waals surface area contributed by atoms with Gasteiger partial charge in [-0.05, 0) is 25.2 Å². The van der Waals surface area contributed by atoms with E-state index < -0.39 is 15.9 Å². The van der Waals surface area contributed by atoms with Crippen LogP contribution in [0, 0.1) is 5.92 Å². The quantitative estimate of drug-likeness (QED) is 0.829. The smallest absolute Gasteiger partial charge is 0.147 e. The molecular weight excluding hydrogens is 224 g/mol.